The summed E-state index contributed by atoms with van der Waals surface area (Å²) in [5, 5.41) is 3.59. The van der Waals surface area contributed by atoms with Gasteiger partial charge in [0.1, 0.15) is 0 Å². The van der Waals surface area contributed by atoms with E-state index in [0.717, 1.165) is 6.42 Å². The summed E-state index contributed by atoms with van der Waals surface area (Å²) in [6.45, 7) is 15.0. The molecule has 72 valence electrons. The van der Waals surface area contributed by atoms with E-state index in [9.17, 15) is 0 Å². The van der Waals surface area contributed by atoms with Crippen LogP contribution in [0.1, 0.15) is 47.5 Å². The van der Waals surface area contributed by atoms with Gasteiger partial charge in [-0.3, -0.25) is 0 Å². The quantitative estimate of drug-likeness (QED) is 0.623. The minimum absolute atomic E-state index is 0.120. The van der Waals surface area contributed by atoms with Gasteiger partial charge in [0.25, 0.3) is 0 Å². The molecule has 1 N–H and O–H groups in total. The molecular weight excluding hydrogens is 146 g/mol. The van der Waals surface area contributed by atoms with Crippen molar-refractivity contribution in [3.63, 3.8) is 0 Å². The second-order valence-electron chi connectivity index (χ2n) is 3.92. The lowest BCUT2D eigenvalue weighted by Crippen LogP contribution is -2.47. The lowest BCUT2D eigenvalue weighted by atomic mass is 9.90. The molecule has 0 rings (SSSR count). The zero-order valence-corrected chi connectivity index (χ0v) is 9.20. The van der Waals surface area contributed by atoms with Gasteiger partial charge in [-0.15, -0.1) is 0 Å². The van der Waals surface area contributed by atoms with Crippen molar-refractivity contribution in [3.05, 3.63) is 12.2 Å². The molecule has 0 radical (unpaired) electrons. The smallest absolute Gasteiger partial charge is 0.0359 e. The molecule has 0 aliphatic carbocycles. The fourth-order valence-electron chi connectivity index (χ4n) is 1.17. The van der Waals surface area contributed by atoms with Gasteiger partial charge in [0.05, 0.1) is 0 Å². The van der Waals surface area contributed by atoms with E-state index in [4.69, 9.17) is 0 Å². The summed E-state index contributed by atoms with van der Waals surface area (Å²) in [4.78, 5) is 0. The predicted molar refractivity (Wildman–Crippen MR) is 56.4 cm³/mol. The normalized spacial score (nSPS) is 18.4. The van der Waals surface area contributed by atoms with E-state index >= 15 is 0 Å². The van der Waals surface area contributed by atoms with Crippen LogP contribution >= 0.6 is 0 Å². The van der Waals surface area contributed by atoms with Crippen molar-refractivity contribution in [2.75, 3.05) is 0 Å². The van der Waals surface area contributed by atoms with Crippen LogP contribution in [0.3, 0.4) is 0 Å². The molecule has 2 atom stereocenters. The van der Waals surface area contributed by atoms with E-state index in [2.05, 4.69) is 46.5 Å². The molecule has 0 saturated carbocycles. The molecule has 0 aromatic heterocycles. The molecule has 0 saturated heterocycles. The van der Waals surface area contributed by atoms with Crippen LogP contribution in [-0.4, -0.2) is 11.6 Å². The van der Waals surface area contributed by atoms with Crippen LogP contribution in [0.25, 0.3) is 0 Å². The second-order valence-corrected chi connectivity index (χ2v) is 3.92. The van der Waals surface area contributed by atoms with Crippen LogP contribution in [-0.2, 0) is 0 Å². The highest BCUT2D eigenvalue weighted by Crippen LogP contribution is 2.19. The highest BCUT2D eigenvalue weighted by atomic mass is 15.0. The summed E-state index contributed by atoms with van der Waals surface area (Å²) in [5.74, 6) is 0. The molecule has 0 fully saturated rings. The van der Waals surface area contributed by atoms with E-state index < -0.39 is 0 Å². The van der Waals surface area contributed by atoms with Gasteiger partial charge in [0, 0.05) is 11.6 Å². The first-order chi connectivity index (χ1) is 5.46. The van der Waals surface area contributed by atoms with Crippen LogP contribution in [0.4, 0.5) is 0 Å². The Morgan fingerprint density at radius 1 is 1.50 bits per heavy atom. The van der Waals surface area contributed by atoms with E-state index in [1.54, 1.807) is 0 Å². The fraction of sp³-hybridized carbons (Fsp3) is 0.818. The molecule has 0 heterocycles. The molecule has 12 heavy (non-hydrogen) atoms. The Kier molecular flexibility index (Phi) is 4.54. The average Bonchev–Trinajstić information content (AvgIpc) is 2.03. The number of rotatable bonds is 5. The topological polar surface area (TPSA) is 12.0 Å². The highest BCUT2D eigenvalue weighted by Gasteiger charge is 2.23. The van der Waals surface area contributed by atoms with E-state index in [0.29, 0.717) is 6.04 Å². The van der Waals surface area contributed by atoms with Gasteiger partial charge in [-0.25, -0.2) is 0 Å². The van der Waals surface area contributed by atoms with Gasteiger partial charge in [-0.1, -0.05) is 26.0 Å². The Bertz CT molecular complexity index is 151. The second kappa shape index (κ2) is 4.66. The largest absolute Gasteiger partial charge is 0.305 e. The Balaban J connectivity index is 4.23. The van der Waals surface area contributed by atoms with Crippen LogP contribution in [0.2, 0.25) is 0 Å². The maximum atomic E-state index is 4.02. The van der Waals surface area contributed by atoms with E-state index in [-0.39, 0.29) is 5.54 Å². The van der Waals surface area contributed by atoms with Crippen molar-refractivity contribution in [1.29, 1.82) is 0 Å². The lowest BCUT2D eigenvalue weighted by molar-refractivity contribution is 0.350. The molecule has 0 aliphatic heterocycles. The monoisotopic (exact) mass is 169 g/mol. The Morgan fingerprint density at radius 2 is 2.00 bits per heavy atom. The van der Waals surface area contributed by atoms with Gasteiger partial charge in [0.2, 0.25) is 0 Å². The van der Waals surface area contributed by atoms with Gasteiger partial charge in [0.15, 0.2) is 0 Å². The Hall–Kier alpha value is -0.300. The first-order valence-corrected chi connectivity index (χ1v) is 4.90. The molecule has 1 nitrogen and oxygen atoms in total. The molecular formula is C11H23N. The van der Waals surface area contributed by atoms with Crippen LogP contribution in [0, 0.1) is 0 Å². The average molecular weight is 169 g/mol. The summed E-state index contributed by atoms with van der Waals surface area (Å²) in [7, 11) is 0. The van der Waals surface area contributed by atoms with Crippen molar-refractivity contribution in [1.82, 2.24) is 5.32 Å². The molecule has 0 bridgehead atoms. The summed E-state index contributed by atoms with van der Waals surface area (Å²) in [5.41, 5.74) is 1.35. The molecule has 0 spiro atoms. The molecule has 0 aromatic rings. The highest BCUT2D eigenvalue weighted by molar-refractivity contribution is 5.11. The molecule has 0 amide bonds. The fourth-order valence-corrected chi connectivity index (χ4v) is 1.17. The third-order valence-corrected chi connectivity index (χ3v) is 2.83. The molecule has 0 aromatic carbocycles. The summed E-state index contributed by atoms with van der Waals surface area (Å²) >= 11 is 0. The Labute approximate surface area is 77.2 Å². The van der Waals surface area contributed by atoms with E-state index in [1.165, 1.54) is 12.0 Å². The SMILES string of the molecule is C=C(C)C(C)(CC)NC(C)CC. The van der Waals surface area contributed by atoms with Crippen LogP contribution < -0.4 is 5.32 Å². The van der Waals surface area contributed by atoms with Crippen LogP contribution in [0.15, 0.2) is 12.2 Å². The third kappa shape index (κ3) is 2.98. The maximum absolute atomic E-state index is 4.02. The van der Waals surface area contributed by atoms with Gasteiger partial charge >= 0.3 is 0 Å². The first kappa shape index (κ1) is 11.7. The maximum Gasteiger partial charge on any atom is 0.0359 e. The summed E-state index contributed by atoms with van der Waals surface area (Å²) in [6.07, 6.45) is 2.27. The predicted octanol–water partition coefficient (Wildman–Crippen LogP) is 3.12. The third-order valence-electron chi connectivity index (χ3n) is 2.83. The van der Waals surface area contributed by atoms with Crippen LogP contribution in [0.5, 0.6) is 0 Å². The zero-order valence-electron chi connectivity index (χ0n) is 9.20. The lowest BCUT2D eigenvalue weighted by Gasteiger charge is -2.33. The van der Waals surface area contributed by atoms with E-state index in [1.807, 2.05) is 0 Å². The van der Waals surface area contributed by atoms with Crippen molar-refractivity contribution in [2.24, 2.45) is 0 Å². The minimum atomic E-state index is 0.120. The molecule has 0 aliphatic rings. The first-order valence-electron chi connectivity index (χ1n) is 4.90. The number of hydrogen-bond donors (Lipinski definition) is 1. The Morgan fingerprint density at radius 3 is 2.25 bits per heavy atom. The van der Waals surface area contributed by atoms with Crippen molar-refractivity contribution >= 4 is 0 Å². The summed E-state index contributed by atoms with van der Waals surface area (Å²) in [6, 6.07) is 0.576. The minimum Gasteiger partial charge on any atom is -0.305 e. The molecule has 2 unspecified atom stereocenters. The summed E-state index contributed by atoms with van der Waals surface area (Å²) < 4.78 is 0. The van der Waals surface area contributed by atoms with Gasteiger partial charge < -0.3 is 5.32 Å². The molecule has 1 heteroatoms. The van der Waals surface area contributed by atoms with Crippen molar-refractivity contribution in [2.45, 2.75) is 59.0 Å². The number of nitrogens with one attached hydrogen (secondary N) is 1. The van der Waals surface area contributed by atoms with Gasteiger partial charge in [-0.05, 0) is 33.6 Å². The number of hydrogen-bond acceptors (Lipinski definition) is 1. The van der Waals surface area contributed by atoms with Crippen molar-refractivity contribution < 1.29 is 0 Å². The standard InChI is InChI=1S/C11H23N/c1-7-10(5)12-11(6,8-2)9(3)4/h10,12H,3,7-8H2,1-2,4-6H3. The zero-order chi connectivity index (χ0) is 9.78. The van der Waals surface area contributed by atoms with Gasteiger partial charge in [-0.2, -0.15) is 0 Å². The van der Waals surface area contributed by atoms with Crippen molar-refractivity contribution in [3.8, 4) is 0 Å².